The number of benzene rings is 1. The van der Waals surface area contributed by atoms with Crippen molar-refractivity contribution in [2.45, 2.75) is 39.8 Å². The predicted molar refractivity (Wildman–Crippen MR) is 84.0 cm³/mol. The SMILES string of the molecule is Cc1cc(C(=O)N(Cc2ccc(F)cc2)C(C)(C)C)n(C)n1. The molecule has 2 rings (SSSR count). The summed E-state index contributed by atoms with van der Waals surface area (Å²) in [5, 5.41) is 4.23. The van der Waals surface area contributed by atoms with Gasteiger partial charge in [-0.2, -0.15) is 5.10 Å². The second-order valence-electron chi connectivity index (χ2n) is 6.48. The van der Waals surface area contributed by atoms with E-state index in [0.29, 0.717) is 12.2 Å². The molecule has 0 N–H and O–H groups in total. The van der Waals surface area contributed by atoms with E-state index in [1.54, 1.807) is 34.8 Å². The van der Waals surface area contributed by atoms with Crippen LogP contribution in [0.2, 0.25) is 0 Å². The van der Waals surface area contributed by atoms with Crippen molar-refractivity contribution in [1.82, 2.24) is 14.7 Å². The lowest BCUT2D eigenvalue weighted by Crippen LogP contribution is -2.45. The molecular weight excluding hydrogens is 281 g/mol. The Hall–Kier alpha value is -2.17. The molecule has 0 saturated heterocycles. The van der Waals surface area contributed by atoms with Crippen LogP contribution in [-0.4, -0.2) is 26.1 Å². The highest BCUT2D eigenvalue weighted by Gasteiger charge is 2.29. The van der Waals surface area contributed by atoms with Crippen LogP contribution in [0.4, 0.5) is 4.39 Å². The maximum Gasteiger partial charge on any atom is 0.272 e. The molecule has 0 aliphatic rings. The van der Waals surface area contributed by atoms with Crippen LogP contribution < -0.4 is 0 Å². The lowest BCUT2D eigenvalue weighted by molar-refractivity contribution is 0.0547. The van der Waals surface area contributed by atoms with Crippen molar-refractivity contribution in [3.05, 3.63) is 53.1 Å². The van der Waals surface area contributed by atoms with Crippen LogP contribution in [0, 0.1) is 12.7 Å². The van der Waals surface area contributed by atoms with Crippen molar-refractivity contribution < 1.29 is 9.18 Å². The van der Waals surface area contributed by atoms with E-state index in [9.17, 15) is 9.18 Å². The van der Waals surface area contributed by atoms with Gasteiger partial charge in [-0.1, -0.05) is 12.1 Å². The largest absolute Gasteiger partial charge is 0.328 e. The summed E-state index contributed by atoms with van der Waals surface area (Å²) >= 11 is 0. The molecule has 1 aromatic carbocycles. The highest BCUT2D eigenvalue weighted by Crippen LogP contribution is 2.21. The molecule has 0 bridgehead atoms. The molecule has 0 aliphatic heterocycles. The number of halogens is 1. The highest BCUT2D eigenvalue weighted by molar-refractivity contribution is 5.93. The topological polar surface area (TPSA) is 38.1 Å². The summed E-state index contributed by atoms with van der Waals surface area (Å²) in [4.78, 5) is 14.7. The summed E-state index contributed by atoms with van der Waals surface area (Å²) in [7, 11) is 1.76. The van der Waals surface area contributed by atoms with Gasteiger partial charge in [-0.05, 0) is 51.5 Å². The molecule has 5 heteroatoms. The lowest BCUT2D eigenvalue weighted by atomic mass is 10.0. The van der Waals surface area contributed by atoms with Gasteiger partial charge in [-0.3, -0.25) is 9.48 Å². The van der Waals surface area contributed by atoms with Crippen LogP contribution in [-0.2, 0) is 13.6 Å². The maximum atomic E-state index is 13.0. The van der Waals surface area contributed by atoms with Gasteiger partial charge >= 0.3 is 0 Å². The van der Waals surface area contributed by atoms with E-state index in [4.69, 9.17) is 0 Å². The summed E-state index contributed by atoms with van der Waals surface area (Å²) in [6.45, 7) is 8.23. The summed E-state index contributed by atoms with van der Waals surface area (Å²) < 4.78 is 14.6. The van der Waals surface area contributed by atoms with E-state index in [2.05, 4.69) is 5.10 Å². The van der Waals surface area contributed by atoms with Gasteiger partial charge in [0.1, 0.15) is 11.5 Å². The van der Waals surface area contributed by atoms with Gasteiger partial charge in [-0.25, -0.2) is 4.39 Å². The fourth-order valence-corrected chi connectivity index (χ4v) is 2.34. The zero-order valence-electron chi connectivity index (χ0n) is 13.7. The fourth-order valence-electron chi connectivity index (χ4n) is 2.34. The fraction of sp³-hybridized carbons (Fsp3) is 0.412. The van der Waals surface area contributed by atoms with Gasteiger partial charge in [0.15, 0.2) is 0 Å². The first-order valence-corrected chi connectivity index (χ1v) is 7.25. The standard InChI is InChI=1S/C17H22FN3O/c1-12-10-15(20(5)19-12)16(22)21(17(2,3)4)11-13-6-8-14(18)9-7-13/h6-10H,11H2,1-5H3. The van der Waals surface area contributed by atoms with Gasteiger partial charge in [-0.15, -0.1) is 0 Å². The van der Waals surface area contributed by atoms with Crippen molar-refractivity contribution in [3.63, 3.8) is 0 Å². The Morgan fingerprint density at radius 1 is 1.27 bits per heavy atom. The maximum absolute atomic E-state index is 13.0. The first kappa shape index (κ1) is 16.2. The van der Waals surface area contributed by atoms with E-state index < -0.39 is 0 Å². The van der Waals surface area contributed by atoms with E-state index in [1.165, 1.54) is 12.1 Å². The molecule has 0 radical (unpaired) electrons. The molecule has 0 fully saturated rings. The van der Waals surface area contributed by atoms with Crippen molar-refractivity contribution in [1.29, 1.82) is 0 Å². The Kier molecular flexibility index (Phi) is 4.35. The van der Waals surface area contributed by atoms with Crippen LogP contribution in [0.3, 0.4) is 0 Å². The molecule has 1 amide bonds. The molecule has 4 nitrogen and oxygen atoms in total. The van der Waals surface area contributed by atoms with Crippen LogP contribution in [0.15, 0.2) is 30.3 Å². The van der Waals surface area contributed by atoms with Gasteiger partial charge < -0.3 is 4.90 Å². The lowest BCUT2D eigenvalue weighted by Gasteiger charge is -2.35. The van der Waals surface area contributed by atoms with E-state index >= 15 is 0 Å². The van der Waals surface area contributed by atoms with E-state index in [1.807, 2.05) is 27.7 Å². The van der Waals surface area contributed by atoms with Crippen LogP contribution in [0.25, 0.3) is 0 Å². The van der Waals surface area contributed by atoms with Crippen molar-refractivity contribution >= 4 is 5.91 Å². The number of aromatic nitrogens is 2. The number of rotatable bonds is 3. The van der Waals surface area contributed by atoms with Crippen molar-refractivity contribution in [3.8, 4) is 0 Å². The summed E-state index contributed by atoms with van der Waals surface area (Å²) in [6, 6.07) is 8.02. The molecule has 1 aromatic heterocycles. The third-order valence-electron chi connectivity index (χ3n) is 3.53. The Bertz CT molecular complexity index is 668. The quantitative estimate of drug-likeness (QED) is 0.872. The highest BCUT2D eigenvalue weighted by atomic mass is 19.1. The summed E-state index contributed by atoms with van der Waals surface area (Å²) in [5.74, 6) is -0.362. The van der Waals surface area contributed by atoms with Gasteiger partial charge in [0.2, 0.25) is 0 Å². The second kappa shape index (κ2) is 5.91. The molecular formula is C17H22FN3O. The Morgan fingerprint density at radius 2 is 1.86 bits per heavy atom. The number of hydrogen-bond acceptors (Lipinski definition) is 2. The third kappa shape index (κ3) is 3.53. The first-order chi connectivity index (χ1) is 10.2. The van der Waals surface area contributed by atoms with Crippen LogP contribution in [0.5, 0.6) is 0 Å². The van der Waals surface area contributed by atoms with Crippen molar-refractivity contribution in [2.24, 2.45) is 7.05 Å². The van der Waals surface area contributed by atoms with E-state index in [0.717, 1.165) is 11.3 Å². The predicted octanol–water partition coefficient (Wildman–Crippen LogP) is 3.31. The number of amides is 1. The Morgan fingerprint density at radius 3 is 2.32 bits per heavy atom. The smallest absolute Gasteiger partial charge is 0.272 e. The van der Waals surface area contributed by atoms with E-state index in [-0.39, 0.29) is 17.3 Å². The minimum absolute atomic E-state index is 0.0834. The minimum Gasteiger partial charge on any atom is -0.328 e. The molecule has 118 valence electrons. The molecule has 22 heavy (non-hydrogen) atoms. The normalized spacial score (nSPS) is 11.5. The molecule has 0 saturated carbocycles. The monoisotopic (exact) mass is 303 g/mol. The Labute approximate surface area is 130 Å². The van der Waals surface area contributed by atoms with Crippen LogP contribution >= 0.6 is 0 Å². The Balaban J connectivity index is 2.32. The summed E-state index contributed by atoms with van der Waals surface area (Å²) in [5.41, 5.74) is 1.89. The molecule has 0 spiro atoms. The number of hydrogen-bond donors (Lipinski definition) is 0. The average Bonchev–Trinajstić information content (AvgIpc) is 2.75. The number of carbonyl (C=O) groups is 1. The molecule has 1 heterocycles. The van der Waals surface area contributed by atoms with Crippen molar-refractivity contribution in [2.75, 3.05) is 0 Å². The third-order valence-corrected chi connectivity index (χ3v) is 3.53. The number of carbonyl (C=O) groups excluding carboxylic acids is 1. The second-order valence-corrected chi connectivity index (χ2v) is 6.48. The zero-order valence-corrected chi connectivity index (χ0v) is 13.7. The molecule has 0 atom stereocenters. The zero-order chi connectivity index (χ0) is 16.5. The summed E-state index contributed by atoms with van der Waals surface area (Å²) in [6.07, 6.45) is 0. The van der Waals surface area contributed by atoms with Gasteiger partial charge in [0.05, 0.1) is 5.69 Å². The average molecular weight is 303 g/mol. The minimum atomic E-state index is -0.357. The van der Waals surface area contributed by atoms with Crippen LogP contribution in [0.1, 0.15) is 42.5 Å². The first-order valence-electron chi connectivity index (χ1n) is 7.25. The molecule has 2 aromatic rings. The number of nitrogens with zero attached hydrogens (tertiary/aromatic N) is 3. The number of aryl methyl sites for hydroxylation is 2. The molecule has 0 unspecified atom stereocenters. The van der Waals surface area contributed by atoms with Gasteiger partial charge in [0.25, 0.3) is 5.91 Å². The van der Waals surface area contributed by atoms with Gasteiger partial charge in [0, 0.05) is 19.1 Å². The molecule has 0 aliphatic carbocycles.